The highest BCUT2D eigenvalue weighted by molar-refractivity contribution is 5.96. The SMILES string of the molecule is COc1ccc([C@H](CNC(=O)c2c(C)noc2C)N2CCOCC2)cc1. The van der Waals surface area contributed by atoms with E-state index in [9.17, 15) is 4.79 Å². The van der Waals surface area contributed by atoms with Crippen LogP contribution in [0.5, 0.6) is 5.75 Å². The summed E-state index contributed by atoms with van der Waals surface area (Å²) in [5, 5.41) is 6.89. The minimum absolute atomic E-state index is 0.0641. The zero-order valence-electron chi connectivity index (χ0n) is 15.4. The van der Waals surface area contributed by atoms with Crippen molar-refractivity contribution < 1.29 is 18.8 Å². The largest absolute Gasteiger partial charge is 0.497 e. The van der Waals surface area contributed by atoms with E-state index in [0.717, 1.165) is 24.4 Å². The first-order valence-electron chi connectivity index (χ1n) is 8.77. The van der Waals surface area contributed by atoms with E-state index in [4.69, 9.17) is 14.0 Å². The van der Waals surface area contributed by atoms with Crippen LogP contribution in [0.3, 0.4) is 0 Å². The van der Waals surface area contributed by atoms with Gasteiger partial charge in [-0.1, -0.05) is 17.3 Å². The molecular formula is C19H25N3O4. The van der Waals surface area contributed by atoms with Gasteiger partial charge in [0.2, 0.25) is 0 Å². The predicted octanol–water partition coefficient (Wildman–Crippen LogP) is 2.10. The highest BCUT2D eigenvalue weighted by atomic mass is 16.5. The molecule has 1 aliphatic heterocycles. The van der Waals surface area contributed by atoms with Gasteiger partial charge in [-0.05, 0) is 31.5 Å². The fraction of sp³-hybridized carbons (Fsp3) is 0.474. The third-order valence-electron chi connectivity index (χ3n) is 4.70. The van der Waals surface area contributed by atoms with E-state index in [1.54, 1.807) is 21.0 Å². The van der Waals surface area contributed by atoms with Gasteiger partial charge in [0.1, 0.15) is 17.1 Å². The summed E-state index contributed by atoms with van der Waals surface area (Å²) in [5.74, 6) is 1.19. The van der Waals surface area contributed by atoms with Crippen LogP contribution in [0.1, 0.15) is 33.4 Å². The molecule has 0 unspecified atom stereocenters. The van der Waals surface area contributed by atoms with Gasteiger partial charge in [0.15, 0.2) is 0 Å². The monoisotopic (exact) mass is 359 g/mol. The summed E-state index contributed by atoms with van der Waals surface area (Å²) in [6.07, 6.45) is 0. The predicted molar refractivity (Wildman–Crippen MR) is 96.4 cm³/mol. The highest BCUT2D eigenvalue weighted by Crippen LogP contribution is 2.24. The molecule has 1 amide bonds. The maximum atomic E-state index is 12.6. The summed E-state index contributed by atoms with van der Waals surface area (Å²) in [4.78, 5) is 14.9. The lowest BCUT2D eigenvalue weighted by molar-refractivity contribution is 0.0162. The lowest BCUT2D eigenvalue weighted by Crippen LogP contribution is -2.43. The zero-order chi connectivity index (χ0) is 18.5. The minimum Gasteiger partial charge on any atom is -0.497 e. The molecule has 140 valence electrons. The van der Waals surface area contributed by atoms with Crippen LogP contribution in [0.15, 0.2) is 28.8 Å². The van der Waals surface area contributed by atoms with Gasteiger partial charge in [-0.25, -0.2) is 0 Å². The Kier molecular flexibility index (Phi) is 5.90. The van der Waals surface area contributed by atoms with Crippen molar-refractivity contribution in [3.63, 3.8) is 0 Å². The van der Waals surface area contributed by atoms with Crippen LogP contribution in [0, 0.1) is 13.8 Å². The minimum atomic E-state index is -0.159. The van der Waals surface area contributed by atoms with E-state index in [-0.39, 0.29) is 11.9 Å². The number of hydrogen-bond acceptors (Lipinski definition) is 6. The van der Waals surface area contributed by atoms with Crippen LogP contribution in [-0.2, 0) is 4.74 Å². The van der Waals surface area contributed by atoms with Gasteiger partial charge in [0.05, 0.1) is 32.1 Å². The first-order valence-corrected chi connectivity index (χ1v) is 8.77. The van der Waals surface area contributed by atoms with Crippen molar-refractivity contribution in [2.45, 2.75) is 19.9 Å². The second-order valence-electron chi connectivity index (χ2n) is 6.35. The molecule has 0 bridgehead atoms. The van der Waals surface area contributed by atoms with Crippen molar-refractivity contribution in [3.8, 4) is 5.75 Å². The lowest BCUT2D eigenvalue weighted by atomic mass is 10.0. The summed E-state index contributed by atoms with van der Waals surface area (Å²) >= 11 is 0. The van der Waals surface area contributed by atoms with Crippen LogP contribution >= 0.6 is 0 Å². The Morgan fingerprint density at radius 2 is 1.96 bits per heavy atom. The van der Waals surface area contributed by atoms with Crippen LogP contribution in [0.2, 0.25) is 0 Å². The number of carbonyl (C=O) groups is 1. The quantitative estimate of drug-likeness (QED) is 0.851. The summed E-state index contributed by atoms with van der Waals surface area (Å²) in [5.41, 5.74) is 2.25. The average Bonchev–Trinajstić information content (AvgIpc) is 3.01. The van der Waals surface area contributed by atoms with Gasteiger partial charge < -0.3 is 19.3 Å². The van der Waals surface area contributed by atoms with Crippen LogP contribution in [-0.4, -0.2) is 55.9 Å². The Morgan fingerprint density at radius 3 is 2.54 bits per heavy atom. The Bertz CT molecular complexity index is 716. The number of morpholine rings is 1. The number of aromatic nitrogens is 1. The average molecular weight is 359 g/mol. The molecule has 1 atom stereocenters. The molecule has 1 aromatic heterocycles. The third-order valence-corrected chi connectivity index (χ3v) is 4.70. The van der Waals surface area contributed by atoms with E-state index in [1.165, 1.54) is 0 Å². The molecule has 1 aliphatic rings. The topological polar surface area (TPSA) is 76.8 Å². The van der Waals surface area contributed by atoms with Crippen molar-refractivity contribution in [2.24, 2.45) is 0 Å². The van der Waals surface area contributed by atoms with Crippen molar-refractivity contribution in [1.82, 2.24) is 15.4 Å². The summed E-state index contributed by atoms with van der Waals surface area (Å²) < 4.78 is 15.8. The standard InChI is InChI=1S/C19H25N3O4/c1-13-18(14(2)26-21-13)19(23)20-12-17(22-8-10-25-11-9-22)15-4-6-16(24-3)7-5-15/h4-7,17H,8-12H2,1-3H3,(H,20,23)/t17-/m0/s1. The zero-order valence-corrected chi connectivity index (χ0v) is 15.4. The summed E-state index contributed by atoms with van der Waals surface area (Å²) in [7, 11) is 1.65. The number of nitrogens with zero attached hydrogens (tertiary/aromatic N) is 2. The van der Waals surface area contributed by atoms with Gasteiger partial charge >= 0.3 is 0 Å². The normalized spacial score (nSPS) is 16.3. The molecule has 0 saturated carbocycles. The molecule has 1 aromatic carbocycles. The highest BCUT2D eigenvalue weighted by Gasteiger charge is 2.25. The molecule has 3 rings (SSSR count). The molecule has 0 aliphatic carbocycles. The van der Waals surface area contributed by atoms with Crippen LogP contribution < -0.4 is 10.1 Å². The van der Waals surface area contributed by atoms with Gasteiger partial charge in [-0.15, -0.1) is 0 Å². The molecule has 26 heavy (non-hydrogen) atoms. The van der Waals surface area contributed by atoms with Gasteiger partial charge in [-0.3, -0.25) is 9.69 Å². The maximum absolute atomic E-state index is 12.6. The van der Waals surface area contributed by atoms with Crippen molar-refractivity contribution in [1.29, 1.82) is 0 Å². The molecule has 0 spiro atoms. The summed E-state index contributed by atoms with van der Waals surface area (Å²) in [6, 6.07) is 8.04. The number of benzene rings is 1. The third kappa shape index (κ3) is 4.05. The van der Waals surface area contributed by atoms with E-state index >= 15 is 0 Å². The fourth-order valence-corrected chi connectivity index (χ4v) is 3.26. The molecule has 2 heterocycles. The molecule has 2 aromatic rings. The van der Waals surface area contributed by atoms with Crippen LogP contribution in [0.4, 0.5) is 0 Å². The molecule has 7 heteroatoms. The Morgan fingerprint density at radius 1 is 1.27 bits per heavy atom. The molecule has 1 fully saturated rings. The Hall–Kier alpha value is -2.38. The van der Waals surface area contributed by atoms with E-state index in [1.807, 2.05) is 24.3 Å². The molecule has 1 saturated heterocycles. The fourth-order valence-electron chi connectivity index (χ4n) is 3.26. The first kappa shape index (κ1) is 18.4. The van der Waals surface area contributed by atoms with E-state index in [0.29, 0.717) is 36.8 Å². The number of hydrogen-bond donors (Lipinski definition) is 1. The second kappa shape index (κ2) is 8.33. The van der Waals surface area contributed by atoms with Crippen molar-refractivity contribution in [3.05, 3.63) is 46.8 Å². The molecule has 1 N–H and O–H groups in total. The van der Waals surface area contributed by atoms with Gasteiger partial charge in [-0.2, -0.15) is 0 Å². The summed E-state index contributed by atoms with van der Waals surface area (Å²) in [6.45, 7) is 7.08. The number of nitrogens with one attached hydrogen (secondary N) is 1. The molecule has 0 radical (unpaired) electrons. The molecule has 7 nitrogen and oxygen atoms in total. The van der Waals surface area contributed by atoms with Gasteiger partial charge in [0.25, 0.3) is 5.91 Å². The van der Waals surface area contributed by atoms with Crippen LogP contribution in [0.25, 0.3) is 0 Å². The van der Waals surface area contributed by atoms with E-state index in [2.05, 4.69) is 15.4 Å². The van der Waals surface area contributed by atoms with Crippen molar-refractivity contribution in [2.75, 3.05) is 40.0 Å². The number of aryl methyl sites for hydroxylation is 2. The lowest BCUT2D eigenvalue weighted by Gasteiger charge is -2.35. The number of amides is 1. The maximum Gasteiger partial charge on any atom is 0.256 e. The second-order valence-corrected chi connectivity index (χ2v) is 6.35. The number of ether oxygens (including phenoxy) is 2. The number of rotatable bonds is 6. The number of methoxy groups -OCH3 is 1. The molecular weight excluding hydrogens is 334 g/mol. The number of carbonyl (C=O) groups excluding carboxylic acids is 1. The first-order chi connectivity index (χ1) is 12.6. The smallest absolute Gasteiger partial charge is 0.256 e. The Labute approximate surface area is 153 Å². The van der Waals surface area contributed by atoms with E-state index < -0.39 is 0 Å². The van der Waals surface area contributed by atoms with Gasteiger partial charge in [0, 0.05) is 19.6 Å². The van der Waals surface area contributed by atoms with Crippen molar-refractivity contribution >= 4 is 5.91 Å². The Balaban J connectivity index is 1.75.